The van der Waals surface area contributed by atoms with Crippen molar-refractivity contribution in [1.82, 2.24) is 19.9 Å². The summed E-state index contributed by atoms with van der Waals surface area (Å²) < 4.78 is 45.7. The summed E-state index contributed by atoms with van der Waals surface area (Å²) in [5, 5.41) is 3.29. The third-order valence-corrected chi connectivity index (χ3v) is 5.65. The van der Waals surface area contributed by atoms with Gasteiger partial charge < -0.3 is 9.73 Å². The number of oxazole rings is 1. The van der Waals surface area contributed by atoms with E-state index in [1.165, 1.54) is 22.8 Å². The molecule has 0 unspecified atom stereocenters. The zero-order valence-corrected chi connectivity index (χ0v) is 18.2. The molecule has 3 heterocycles. The fraction of sp³-hybridized carbons (Fsp3) is 0.120. The molecule has 0 aliphatic carbocycles. The Kier molecular flexibility index (Phi) is 5.35. The minimum Gasteiger partial charge on any atom is -0.443 e. The molecule has 10 heteroatoms. The fourth-order valence-electron chi connectivity index (χ4n) is 3.90. The van der Waals surface area contributed by atoms with E-state index in [2.05, 4.69) is 15.3 Å². The second-order valence-corrected chi connectivity index (χ2v) is 7.90. The third kappa shape index (κ3) is 4.03. The summed E-state index contributed by atoms with van der Waals surface area (Å²) >= 11 is 0. The van der Waals surface area contributed by atoms with E-state index in [1.54, 1.807) is 37.4 Å². The van der Waals surface area contributed by atoms with Crippen molar-refractivity contribution in [2.75, 3.05) is 0 Å². The molecule has 0 spiro atoms. The fourth-order valence-corrected chi connectivity index (χ4v) is 3.90. The van der Waals surface area contributed by atoms with Gasteiger partial charge in [0.25, 0.3) is 11.5 Å². The molecule has 0 bridgehead atoms. The highest BCUT2D eigenvalue weighted by molar-refractivity contribution is 6.05. The predicted octanol–water partition coefficient (Wildman–Crippen LogP) is 5.04. The van der Waals surface area contributed by atoms with E-state index in [0.717, 1.165) is 18.5 Å². The van der Waals surface area contributed by atoms with Crippen molar-refractivity contribution in [2.24, 2.45) is 0 Å². The van der Waals surface area contributed by atoms with Gasteiger partial charge in [0.2, 0.25) is 0 Å². The summed E-state index contributed by atoms with van der Waals surface area (Å²) in [6.07, 6.45) is -1.76. The Morgan fingerprint density at radius 2 is 1.83 bits per heavy atom. The molecule has 5 rings (SSSR count). The Morgan fingerprint density at radius 1 is 1.06 bits per heavy atom. The van der Waals surface area contributed by atoms with Crippen LogP contribution in [0.4, 0.5) is 13.2 Å². The van der Waals surface area contributed by atoms with E-state index in [1.807, 2.05) is 6.07 Å². The van der Waals surface area contributed by atoms with Gasteiger partial charge in [-0.1, -0.05) is 6.07 Å². The molecule has 7 nitrogen and oxygen atoms in total. The summed E-state index contributed by atoms with van der Waals surface area (Å²) in [6.45, 7) is 1.80. The molecule has 1 atom stereocenters. The SMILES string of the molecule is C[C@H](NC(=O)c1ccc2c(c1)c1ocnc1c(=O)n2-c1ccc(C(F)(F)F)cc1)c1ccccn1. The number of fused-ring (bicyclic) bond motifs is 3. The van der Waals surface area contributed by atoms with Gasteiger partial charge in [-0.3, -0.25) is 19.1 Å². The number of alkyl halides is 3. The highest BCUT2D eigenvalue weighted by Gasteiger charge is 2.30. The standard InChI is InChI=1S/C25H17F3N4O3/c1-14(19-4-2-3-11-29-19)31-23(33)15-5-10-20-18(12-15)22-21(30-13-35-22)24(34)32(20)17-8-6-16(7-9-17)25(26,27)28/h2-14H,1H3,(H,31,33)/t14-/m0/s1. The Hall–Kier alpha value is -4.47. The monoisotopic (exact) mass is 478 g/mol. The maximum atomic E-state index is 13.1. The highest BCUT2D eigenvalue weighted by Crippen LogP contribution is 2.31. The number of nitrogens with zero attached hydrogens (tertiary/aromatic N) is 3. The Bertz CT molecular complexity index is 1610. The van der Waals surface area contributed by atoms with E-state index in [-0.39, 0.29) is 28.7 Å². The van der Waals surface area contributed by atoms with Crippen LogP contribution in [0.3, 0.4) is 0 Å². The number of nitrogens with one attached hydrogen (secondary N) is 1. The summed E-state index contributed by atoms with van der Waals surface area (Å²) in [4.78, 5) is 34.3. The summed E-state index contributed by atoms with van der Waals surface area (Å²) in [6, 6.07) is 13.9. The van der Waals surface area contributed by atoms with Crippen molar-refractivity contribution in [3.63, 3.8) is 0 Å². The van der Waals surface area contributed by atoms with Crippen LogP contribution in [-0.2, 0) is 6.18 Å². The van der Waals surface area contributed by atoms with Crippen LogP contribution < -0.4 is 10.9 Å². The quantitative estimate of drug-likeness (QED) is 0.391. The number of carbonyl (C=O) groups is 1. The first-order valence-electron chi connectivity index (χ1n) is 10.6. The molecule has 2 aromatic carbocycles. The van der Waals surface area contributed by atoms with Gasteiger partial charge in [0.1, 0.15) is 0 Å². The number of pyridine rings is 2. The van der Waals surface area contributed by atoms with E-state index >= 15 is 0 Å². The van der Waals surface area contributed by atoms with Crippen LogP contribution in [0.1, 0.15) is 34.6 Å². The first-order valence-corrected chi connectivity index (χ1v) is 10.6. The number of carbonyl (C=O) groups excluding carboxylic acids is 1. The molecule has 0 aliphatic rings. The molecule has 176 valence electrons. The topological polar surface area (TPSA) is 90.0 Å². The average Bonchev–Trinajstić information content (AvgIpc) is 3.35. The van der Waals surface area contributed by atoms with Gasteiger partial charge in [-0.25, -0.2) is 4.98 Å². The van der Waals surface area contributed by atoms with Gasteiger partial charge in [0.05, 0.1) is 22.8 Å². The second-order valence-electron chi connectivity index (χ2n) is 7.90. The lowest BCUT2D eigenvalue weighted by molar-refractivity contribution is -0.137. The largest absolute Gasteiger partial charge is 0.443 e. The molecular weight excluding hydrogens is 461 g/mol. The summed E-state index contributed by atoms with van der Waals surface area (Å²) in [5.74, 6) is -0.370. The summed E-state index contributed by atoms with van der Waals surface area (Å²) in [5.41, 5.74) is 0.361. The van der Waals surface area contributed by atoms with E-state index in [4.69, 9.17) is 4.42 Å². The molecule has 1 N–H and O–H groups in total. The van der Waals surface area contributed by atoms with Gasteiger partial charge in [-0.15, -0.1) is 0 Å². The molecule has 0 saturated heterocycles. The number of amides is 1. The molecule has 5 aromatic rings. The Balaban J connectivity index is 1.60. The van der Waals surface area contributed by atoms with Gasteiger partial charge in [0, 0.05) is 22.8 Å². The number of hydrogen-bond donors (Lipinski definition) is 1. The zero-order chi connectivity index (χ0) is 24.7. The van der Waals surface area contributed by atoms with Crippen LogP contribution >= 0.6 is 0 Å². The van der Waals surface area contributed by atoms with Crippen molar-refractivity contribution >= 4 is 27.9 Å². The Labute approximate surface area is 195 Å². The number of halogens is 3. The van der Waals surface area contributed by atoms with Crippen LogP contribution in [0.2, 0.25) is 0 Å². The first-order chi connectivity index (χ1) is 16.7. The minimum atomic E-state index is -4.50. The lowest BCUT2D eigenvalue weighted by Gasteiger charge is -2.15. The van der Waals surface area contributed by atoms with Crippen LogP contribution in [-0.4, -0.2) is 20.4 Å². The number of hydrogen-bond acceptors (Lipinski definition) is 5. The Morgan fingerprint density at radius 3 is 2.51 bits per heavy atom. The summed E-state index contributed by atoms with van der Waals surface area (Å²) in [7, 11) is 0. The number of benzene rings is 2. The van der Waals surface area contributed by atoms with Crippen molar-refractivity contribution in [1.29, 1.82) is 0 Å². The lowest BCUT2D eigenvalue weighted by atomic mass is 10.1. The molecule has 1 amide bonds. The van der Waals surface area contributed by atoms with Crippen LogP contribution in [0.25, 0.3) is 27.7 Å². The van der Waals surface area contributed by atoms with Crippen LogP contribution in [0.5, 0.6) is 0 Å². The number of aromatic nitrogens is 3. The van der Waals surface area contributed by atoms with E-state index in [9.17, 15) is 22.8 Å². The maximum absolute atomic E-state index is 13.1. The van der Waals surface area contributed by atoms with Gasteiger partial charge >= 0.3 is 6.18 Å². The molecule has 3 aromatic heterocycles. The minimum absolute atomic E-state index is 0.00295. The van der Waals surface area contributed by atoms with Gasteiger partial charge in [0.15, 0.2) is 17.5 Å². The van der Waals surface area contributed by atoms with E-state index in [0.29, 0.717) is 22.2 Å². The second kappa shape index (κ2) is 8.39. The van der Waals surface area contributed by atoms with Crippen molar-refractivity contribution in [3.8, 4) is 5.69 Å². The molecule has 0 saturated carbocycles. The zero-order valence-electron chi connectivity index (χ0n) is 18.2. The lowest BCUT2D eigenvalue weighted by Crippen LogP contribution is -2.27. The van der Waals surface area contributed by atoms with Crippen molar-refractivity contribution in [2.45, 2.75) is 19.1 Å². The van der Waals surface area contributed by atoms with Crippen molar-refractivity contribution < 1.29 is 22.4 Å². The van der Waals surface area contributed by atoms with Crippen LogP contribution in [0.15, 0.2) is 82.5 Å². The molecule has 0 aliphatic heterocycles. The predicted molar refractivity (Wildman–Crippen MR) is 122 cm³/mol. The maximum Gasteiger partial charge on any atom is 0.416 e. The molecule has 0 fully saturated rings. The third-order valence-electron chi connectivity index (χ3n) is 5.65. The highest BCUT2D eigenvalue weighted by atomic mass is 19.4. The van der Waals surface area contributed by atoms with Crippen LogP contribution in [0, 0.1) is 0 Å². The smallest absolute Gasteiger partial charge is 0.416 e. The average molecular weight is 478 g/mol. The molecule has 35 heavy (non-hydrogen) atoms. The first kappa shape index (κ1) is 22.3. The molecule has 0 radical (unpaired) electrons. The van der Waals surface area contributed by atoms with Gasteiger partial charge in [-0.2, -0.15) is 13.2 Å². The van der Waals surface area contributed by atoms with Gasteiger partial charge in [-0.05, 0) is 61.5 Å². The molecular formula is C25H17F3N4O3. The van der Waals surface area contributed by atoms with E-state index < -0.39 is 17.3 Å². The normalized spacial score (nSPS) is 12.7. The van der Waals surface area contributed by atoms with Crippen molar-refractivity contribution in [3.05, 3.63) is 100 Å². The number of rotatable bonds is 4.